The Morgan fingerprint density at radius 1 is 0.864 bits per heavy atom. The normalized spacial score (nSPS) is 27.3. The number of nitrogens with zero attached hydrogens (tertiary/aromatic N) is 1. The molecule has 3 aliphatic heterocycles. The molecule has 3 aromatic rings. The van der Waals surface area contributed by atoms with E-state index in [2.05, 4.69) is 10.6 Å². The van der Waals surface area contributed by atoms with Crippen molar-refractivity contribution in [2.75, 3.05) is 11.9 Å². The van der Waals surface area contributed by atoms with Crippen LogP contribution in [0, 0.1) is 11.8 Å². The summed E-state index contributed by atoms with van der Waals surface area (Å²) in [5.74, 6) is -0.863. The highest BCUT2D eigenvalue weighted by molar-refractivity contribution is 6.02. The van der Waals surface area contributed by atoms with Gasteiger partial charge in [-0.1, -0.05) is 79.9 Å². The van der Waals surface area contributed by atoms with Crippen molar-refractivity contribution in [1.82, 2.24) is 10.2 Å². The molecule has 8 nitrogen and oxygen atoms in total. The highest BCUT2D eigenvalue weighted by atomic mass is 16.5. The van der Waals surface area contributed by atoms with Gasteiger partial charge >= 0.3 is 0 Å². The molecule has 1 spiro atoms. The van der Waals surface area contributed by atoms with E-state index in [-0.39, 0.29) is 23.8 Å². The molecule has 2 N–H and O–H groups in total. The van der Waals surface area contributed by atoms with E-state index in [1.165, 1.54) is 6.42 Å². The number of fused-ring (bicyclic) bond motifs is 1. The van der Waals surface area contributed by atoms with Crippen LogP contribution < -0.4 is 15.4 Å². The molecule has 0 aromatic heterocycles. The molecule has 2 bridgehead atoms. The fourth-order valence-electron chi connectivity index (χ4n) is 7.39. The molecule has 226 valence electrons. The van der Waals surface area contributed by atoms with Gasteiger partial charge in [-0.3, -0.25) is 14.4 Å². The summed E-state index contributed by atoms with van der Waals surface area (Å²) in [6, 6.07) is 25.8. The van der Waals surface area contributed by atoms with Gasteiger partial charge in [0.1, 0.15) is 23.1 Å². The highest BCUT2D eigenvalue weighted by Crippen LogP contribution is 2.55. The van der Waals surface area contributed by atoms with E-state index in [9.17, 15) is 14.4 Å². The van der Waals surface area contributed by atoms with Crippen LogP contribution in [0.3, 0.4) is 0 Å². The Bertz CT molecular complexity index is 1540. The van der Waals surface area contributed by atoms with Crippen molar-refractivity contribution >= 4 is 23.4 Å². The quantitative estimate of drug-likeness (QED) is 0.331. The molecule has 4 aliphatic rings. The van der Waals surface area contributed by atoms with Gasteiger partial charge in [-0.2, -0.15) is 0 Å². The molecule has 5 unspecified atom stereocenters. The molecule has 3 amide bonds. The molecule has 2 saturated heterocycles. The zero-order chi connectivity index (χ0) is 30.1. The first-order valence-corrected chi connectivity index (χ1v) is 15.7. The fourth-order valence-corrected chi connectivity index (χ4v) is 7.39. The van der Waals surface area contributed by atoms with Gasteiger partial charge in [-0.25, -0.2) is 0 Å². The van der Waals surface area contributed by atoms with Crippen molar-refractivity contribution in [3.8, 4) is 11.5 Å². The number of rotatable bonds is 9. The number of hydrogen-bond donors (Lipinski definition) is 2. The number of hydrogen-bond acceptors (Lipinski definition) is 5. The van der Waals surface area contributed by atoms with E-state index in [1.54, 1.807) is 29.2 Å². The Balaban J connectivity index is 1.11. The lowest BCUT2D eigenvalue weighted by Crippen LogP contribution is -2.56. The second kappa shape index (κ2) is 11.9. The summed E-state index contributed by atoms with van der Waals surface area (Å²) in [6.45, 7) is 0.364. The largest absolute Gasteiger partial charge is 0.457 e. The number of carbonyl (C=O) groups is 3. The molecule has 3 aromatic carbocycles. The molecule has 3 heterocycles. The summed E-state index contributed by atoms with van der Waals surface area (Å²) in [5.41, 5.74) is 0.497. The number of carbonyl (C=O) groups excluding carboxylic acids is 3. The van der Waals surface area contributed by atoms with Crippen LogP contribution in [0.1, 0.15) is 37.7 Å². The Hall–Kier alpha value is -4.43. The van der Waals surface area contributed by atoms with Gasteiger partial charge in [0.05, 0.1) is 17.9 Å². The van der Waals surface area contributed by atoms with Crippen LogP contribution in [0.4, 0.5) is 5.69 Å². The van der Waals surface area contributed by atoms with Crippen molar-refractivity contribution in [2.24, 2.45) is 11.8 Å². The van der Waals surface area contributed by atoms with Crippen LogP contribution in [0.25, 0.3) is 0 Å². The van der Waals surface area contributed by atoms with Crippen molar-refractivity contribution in [1.29, 1.82) is 0 Å². The van der Waals surface area contributed by atoms with Crippen molar-refractivity contribution in [2.45, 2.75) is 62.3 Å². The van der Waals surface area contributed by atoms with Crippen LogP contribution in [0.2, 0.25) is 0 Å². The molecular formula is C36H37N3O5. The fraction of sp³-hybridized carbons (Fsp3) is 0.361. The van der Waals surface area contributed by atoms with Crippen LogP contribution in [-0.2, 0) is 25.5 Å². The number of para-hydroxylation sites is 1. The molecule has 3 fully saturated rings. The van der Waals surface area contributed by atoms with E-state index in [0.29, 0.717) is 24.4 Å². The number of nitrogens with one attached hydrogen (secondary N) is 2. The standard InChI is InChI=1S/C36H37N3O5/c40-33(37-26-16-18-28(19-17-26)43-27-14-8-3-9-15-27)30-29-20-22-36(44-29)31(30)35(42)39(23-21-24-10-4-1-5-11-24)32(36)34(41)38-25-12-6-2-7-13-25/h1,3-5,8-11,14-20,22,25,29-32H,2,6-7,12-13,21,23H2,(H,37,40)(H,38,41). The van der Waals surface area contributed by atoms with Gasteiger partial charge in [0, 0.05) is 18.3 Å². The first kappa shape index (κ1) is 28.3. The predicted octanol–water partition coefficient (Wildman–Crippen LogP) is 5.26. The van der Waals surface area contributed by atoms with Gasteiger partial charge in [0.2, 0.25) is 17.7 Å². The van der Waals surface area contributed by atoms with Gasteiger partial charge in [0.15, 0.2) is 0 Å². The smallest absolute Gasteiger partial charge is 0.246 e. The molecule has 8 heteroatoms. The topological polar surface area (TPSA) is 97.0 Å². The zero-order valence-electron chi connectivity index (χ0n) is 24.6. The van der Waals surface area contributed by atoms with E-state index in [4.69, 9.17) is 9.47 Å². The van der Waals surface area contributed by atoms with Gasteiger partial charge in [-0.15, -0.1) is 0 Å². The van der Waals surface area contributed by atoms with Crippen LogP contribution >= 0.6 is 0 Å². The average Bonchev–Trinajstić information content (AvgIpc) is 3.69. The lowest BCUT2D eigenvalue weighted by atomic mass is 9.74. The SMILES string of the molecule is O=C(Nc1ccc(Oc2ccccc2)cc1)C1C2C=CC3(O2)C1C(=O)N(CCc1ccccc1)C3C(=O)NC1CCCCC1. The number of likely N-dealkylation sites (tertiary alicyclic amines) is 1. The van der Waals surface area contributed by atoms with Crippen LogP contribution in [0.15, 0.2) is 97.1 Å². The maximum absolute atomic E-state index is 14.2. The third-order valence-corrected chi connectivity index (χ3v) is 9.46. The lowest BCUT2D eigenvalue weighted by molar-refractivity contribution is -0.141. The third-order valence-electron chi connectivity index (χ3n) is 9.46. The summed E-state index contributed by atoms with van der Waals surface area (Å²) in [7, 11) is 0. The third kappa shape index (κ3) is 5.28. The first-order valence-electron chi connectivity index (χ1n) is 15.7. The molecular weight excluding hydrogens is 554 g/mol. The maximum Gasteiger partial charge on any atom is 0.246 e. The van der Waals surface area contributed by atoms with E-state index in [0.717, 1.165) is 37.0 Å². The van der Waals surface area contributed by atoms with Crippen molar-refractivity contribution in [3.63, 3.8) is 0 Å². The minimum Gasteiger partial charge on any atom is -0.457 e. The second-order valence-corrected chi connectivity index (χ2v) is 12.2. The molecule has 0 radical (unpaired) electrons. The average molecular weight is 592 g/mol. The number of ether oxygens (including phenoxy) is 2. The van der Waals surface area contributed by atoms with Crippen molar-refractivity contribution < 1.29 is 23.9 Å². The van der Waals surface area contributed by atoms with Gasteiger partial charge in [0.25, 0.3) is 0 Å². The Kier molecular flexibility index (Phi) is 7.68. The van der Waals surface area contributed by atoms with Gasteiger partial charge in [-0.05, 0) is 61.2 Å². The summed E-state index contributed by atoms with van der Waals surface area (Å²) in [6.07, 6.45) is 8.96. The maximum atomic E-state index is 14.2. The van der Waals surface area contributed by atoms with E-state index in [1.807, 2.05) is 72.8 Å². The zero-order valence-corrected chi connectivity index (χ0v) is 24.6. The summed E-state index contributed by atoms with van der Waals surface area (Å²) in [4.78, 5) is 43.7. The number of amides is 3. The molecule has 1 aliphatic carbocycles. The lowest BCUT2D eigenvalue weighted by Gasteiger charge is -2.34. The summed E-state index contributed by atoms with van der Waals surface area (Å²) in [5, 5.41) is 6.24. The molecule has 44 heavy (non-hydrogen) atoms. The Morgan fingerprint density at radius 2 is 1.55 bits per heavy atom. The minimum atomic E-state index is -1.17. The molecule has 1 saturated carbocycles. The summed E-state index contributed by atoms with van der Waals surface area (Å²) >= 11 is 0. The number of anilines is 1. The Morgan fingerprint density at radius 3 is 2.27 bits per heavy atom. The van der Waals surface area contributed by atoms with Crippen LogP contribution in [-0.4, -0.2) is 53.0 Å². The number of benzene rings is 3. The van der Waals surface area contributed by atoms with E-state index >= 15 is 0 Å². The monoisotopic (exact) mass is 591 g/mol. The predicted molar refractivity (Wildman–Crippen MR) is 166 cm³/mol. The molecule has 7 rings (SSSR count). The Labute approximate surface area is 257 Å². The van der Waals surface area contributed by atoms with Crippen molar-refractivity contribution in [3.05, 3.63) is 103 Å². The van der Waals surface area contributed by atoms with Crippen LogP contribution in [0.5, 0.6) is 11.5 Å². The molecule has 5 atom stereocenters. The van der Waals surface area contributed by atoms with Gasteiger partial charge < -0.3 is 25.0 Å². The van der Waals surface area contributed by atoms with E-state index < -0.39 is 29.6 Å². The second-order valence-electron chi connectivity index (χ2n) is 12.2. The minimum absolute atomic E-state index is 0.0910. The first-order chi connectivity index (χ1) is 21.5. The highest BCUT2D eigenvalue weighted by Gasteiger charge is 2.72. The summed E-state index contributed by atoms with van der Waals surface area (Å²) < 4.78 is 12.4.